The Morgan fingerprint density at radius 3 is 1.18 bits per heavy atom. The molecule has 0 saturated carbocycles. The highest BCUT2D eigenvalue weighted by molar-refractivity contribution is 9.09. The lowest BCUT2D eigenvalue weighted by atomic mass is 10.1. The van der Waals surface area contributed by atoms with E-state index in [2.05, 4.69) is 34.7 Å². The van der Waals surface area contributed by atoms with E-state index in [0.29, 0.717) is 5.91 Å². The van der Waals surface area contributed by atoms with Crippen LogP contribution >= 0.6 is 15.9 Å². The van der Waals surface area contributed by atoms with Gasteiger partial charge in [-0.2, -0.15) is 0 Å². The molecule has 1 amide bonds. The zero-order valence-corrected chi connectivity index (χ0v) is 24.4. The van der Waals surface area contributed by atoms with Gasteiger partial charge < -0.3 is 4.90 Å². The molecule has 0 bridgehead atoms. The first-order valence-corrected chi connectivity index (χ1v) is 16.2. The van der Waals surface area contributed by atoms with Gasteiger partial charge in [-0.05, 0) is 25.7 Å². The zero-order chi connectivity index (χ0) is 24.2. The topological polar surface area (TPSA) is 20.3 Å². The summed E-state index contributed by atoms with van der Waals surface area (Å²) in [5.41, 5.74) is 0. The van der Waals surface area contributed by atoms with Crippen molar-refractivity contribution in [3.8, 4) is 0 Å². The molecule has 0 spiro atoms. The van der Waals surface area contributed by atoms with Crippen molar-refractivity contribution in [1.29, 1.82) is 0 Å². The number of hydrogen-bond acceptors (Lipinski definition) is 1. The molecule has 0 aliphatic rings. The minimum atomic E-state index is 0.413. The van der Waals surface area contributed by atoms with Crippen LogP contribution in [0.5, 0.6) is 0 Å². The summed E-state index contributed by atoms with van der Waals surface area (Å²) in [5.74, 6) is 0.413. The average molecular weight is 531 g/mol. The van der Waals surface area contributed by atoms with E-state index >= 15 is 0 Å². The van der Waals surface area contributed by atoms with Crippen molar-refractivity contribution in [1.82, 2.24) is 4.90 Å². The SMILES string of the molecule is CCCCCCCCCCCCN(CCCCCCCCCCCC)C(=O)CCCCCBr. The summed E-state index contributed by atoms with van der Waals surface area (Å²) in [6, 6.07) is 0. The van der Waals surface area contributed by atoms with Crippen molar-refractivity contribution >= 4 is 21.8 Å². The van der Waals surface area contributed by atoms with E-state index in [-0.39, 0.29) is 0 Å². The zero-order valence-electron chi connectivity index (χ0n) is 22.8. The van der Waals surface area contributed by atoms with Crippen molar-refractivity contribution < 1.29 is 4.79 Å². The minimum absolute atomic E-state index is 0.413. The van der Waals surface area contributed by atoms with E-state index in [4.69, 9.17) is 0 Å². The minimum Gasteiger partial charge on any atom is -0.343 e. The molecule has 198 valence electrons. The Hall–Kier alpha value is -0.0500. The Morgan fingerprint density at radius 2 is 0.818 bits per heavy atom. The Kier molecular flexibility index (Phi) is 28.1. The van der Waals surface area contributed by atoms with Crippen molar-refractivity contribution in [3.63, 3.8) is 0 Å². The number of halogens is 1. The first kappa shape index (κ1) is 33.0. The number of nitrogens with zero attached hydrogens (tertiary/aromatic N) is 1. The number of carbonyl (C=O) groups excluding carboxylic acids is 1. The smallest absolute Gasteiger partial charge is 0.222 e. The summed E-state index contributed by atoms with van der Waals surface area (Å²) >= 11 is 3.50. The summed E-state index contributed by atoms with van der Waals surface area (Å²) < 4.78 is 0. The highest BCUT2D eigenvalue weighted by Crippen LogP contribution is 2.14. The molecule has 0 aromatic rings. The molecule has 0 aromatic heterocycles. The van der Waals surface area contributed by atoms with Crippen molar-refractivity contribution in [2.75, 3.05) is 18.4 Å². The second kappa shape index (κ2) is 28.2. The maximum atomic E-state index is 12.8. The first-order chi connectivity index (χ1) is 16.3. The molecule has 0 heterocycles. The fourth-order valence-electron chi connectivity index (χ4n) is 4.65. The molecule has 3 heteroatoms. The molecule has 0 N–H and O–H groups in total. The van der Waals surface area contributed by atoms with Crippen LogP contribution in [0.4, 0.5) is 0 Å². The summed E-state index contributed by atoms with van der Waals surface area (Å²) in [6.45, 7) is 6.55. The molecule has 0 radical (unpaired) electrons. The monoisotopic (exact) mass is 529 g/mol. The van der Waals surface area contributed by atoms with E-state index < -0.39 is 0 Å². The highest BCUT2D eigenvalue weighted by atomic mass is 79.9. The lowest BCUT2D eigenvalue weighted by Gasteiger charge is -2.23. The Balaban J connectivity index is 3.93. The van der Waals surface area contributed by atoms with E-state index in [1.54, 1.807) is 0 Å². The lowest BCUT2D eigenvalue weighted by molar-refractivity contribution is -0.131. The van der Waals surface area contributed by atoms with Gasteiger partial charge in [0.05, 0.1) is 0 Å². The fraction of sp³-hybridized carbons (Fsp3) is 0.967. The average Bonchev–Trinajstić information content (AvgIpc) is 2.82. The van der Waals surface area contributed by atoms with Gasteiger partial charge >= 0.3 is 0 Å². The van der Waals surface area contributed by atoms with Gasteiger partial charge in [-0.3, -0.25) is 4.79 Å². The molecular formula is C30H60BrNO. The van der Waals surface area contributed by atoms with E-state index in [1.807, 2.05) is 0 Å². The maximum absolute atomic E-state index is 12.8. The predicted molar refractivity (Wildman–Crippen MR) is 153 cm³/mol. The number of unbranched alkanes of at least 4 members (excludes halogenated alkanes) is 20. The molecule has 33 heavy (non-hydrogen) atoms. The number of amides is 1. The first-order valence-electron chi connectivity index (χ1n) is 15.1. The predicted octanol–water partition coefficient (Wildman–Crippen LogP) is 10.6. The van der Waals surface area contributed by atoms with Gasteiger partial charge in [0.1, 0.15) is 0 Å². The molecule has 0 rings (SSSR count). The van der Waals surface area contributed by atoms with Crippen LogP contribution in [0.1, 0.15) is 168 Å². The van der Waals surface area contributed by atoms with Crippen LogP contribution in [0.2, 0.25) is 0 Å². The highest BCUT2D eigenvalue weighted by Gasteiger charge is 2.12. The van der Waals surface area contributed by atoms with Gasteiger partial charge in [-0.1, -0.05) is 152 Å². The quantitative estimate of drug-likeness (QED) is 0.0764. The van der Waals surface area contributed by atoms with Crippen LogP contribution in [-0.4, -0.2) is 29.2 Å². The molecular weight excluding hydrogens is 470 g/mol. The Bertz CT molecular complexity index is 363. The number of rotatable bonds is 27. The van der Waals surface area contributed by atoms with E-state index in [1.165, 1.54) is 141 Å². The van der Waals surface area contributed by atoms with Crippen LogP contribution in [0.25, 0.3) is 0 Å². The molecule has 0 aromatic carbocycles. The van der Waals surface area contributed by atoms with Gasteiger partial charge in [0.25, 0.3) is 0 Å². The fourth-order valence-corrected chi connectivity index (χ4v) is 5.04. The maximum Gasteiger partial charge on any atom is 0.222 e. The number of hydrogen-bond donors (Lipinski definition) is 0. The summed E-state index contributed by atoms with van der Waals surface area (Å²) in [5, 5.41) is 1.06. The standard InChI is InChI=1S/C30H60BrNO/c1-3-5-7-9-11-13-15-17-19-24-28-32(30(33)26-22-21-23-27-31)29-25-20-18-16-14-12-10-8-6-4-2/h3-29H2,1-2H3. The molecule has 0 unspecified atom stereocenters. The van der Waals surface area contributed by atoms with Gasteiger partial charge in [0.2, 0.25) is 5.91 Å². The summed E-state index contributed by atoms with van der Waals surface area (Å²) in [4.78, 5) is 15.0. The number of alkyl halides is 1. The largest absolute Gasteiger partial charge is 0.343 e. The van der Waals surface area contributed by atoms with Crippen LogP contribution in [0.3, 0.4) is 0 Å². The third-order valence-electron chi connectivity index (χ3n) is 6.94. The summed E-state index contributed by atoms with van der Waals surface area (Å²) in [6.07, 6.45) is 31.4. The Labute approximate surface area is 217 Å². The molecule has 0 atom stereocenters. The molecule has 2 nitrogen and oxygen atoms in total. The summed E-state index contributed by atoms with van der Waals surface area (Å²) in [7, 11) is 0. The van der Waals surface area contributed by atoms with E-state index in [9.17, 15) is 4.79 Å². The van der Waals surface area contributed by atoms with Crippen molar-refractivity contribution in [3.05, 3.63) is 0 Å². The molecule has 0 fully saturated rings. The second-order valence-corrected chi connectivity index (χ2v) is 11.0. The van der Waals surface area contributed by atoms with Crippen LogP contribution in [0.15, 0.2) is 0 Å². The van der Waals surface area contributed by atoms with Gasteiger partial charge in [0, 0.05) is 24.8 Å². The third-order valence-corrected chi connectivity index (χ3v) is 7.50. The molecule has 0 aliphatic heterocycles. The van der Waals surface area contributed by atoms with Crippen LogP contribution in [-0.2, 0) is 4.79 Å². The van der Waals surface area contributed by atoms with Crippen LogP contribution < -0.4 is 0 Å². The third kappa shape index (κ3) is 24.9. The lowest BCUT2D eigenvalue weighted by Crippen LogP contribution is -2.32. The van der Waals surface area contributed by atoms with Crippen molar-refractivity contribution in [2.45, 2.75) is 168 Å². The molecule has 0 aliphatic carbocycles. The van der Waals surface area contributed by atoms with Crippen LogP contribution in [0, 0.1) is 0 Å². The molecule has 0 saturated heterocycles. The second-order valence-electron chi connectivity index (χ2n) is 10.2. The van der Waals surface area contributed by atoms with Crippen molar-refractivity contribution in [2.24, 2.45) is 0 Å². The van der Waals surface area contributed by atoms with E-state index in [0.717, 1.165) is 31.3 Å². The normalized spacial score (nSPS) is 11.2. The van der Waals surface area contributed by atoms with Gasteiger partial charge in [-0.25, -0.2) is 0 Å². The van der Waals surface area contributed by atoms with Gasteiger partial charge in [-0.15, -0.1) is 0 Å². The number of carbonyl (C=O) groups is 1. The van der Waals surface area contributed by atoms with Gasteiger partial charge in [0.15, 0.2) is 0 Å². The Morgan fingerprint density at radius 1 is 0.485 bits per heavy atom.